The van der Waals surface area contributed by atoms with Gasteiger partial charge in [-0.1, -0.05) is 58.0 Å². The lowest BCUT2D eigenvalue weighted by Crippen LogP contribution is -2.54. The highest BCUT2D eigenvalue weighted by Gasteiger charge is 2.39. The minimum absolute atomic E-state index is 0.0141. The Labute approximate surface area is 209 Å². The number of nitrogens with two attached hydrogens (primary N) is 1. The SMILES string of the molecule is CCCNC(=O)c1cc(C[C@@H]2CS(=O)(=O)C[C@H](NCc3cccc(C(C)(C)C)c3)[C@H]2O)ccc1N. The fourth-order valence-corrected chi connectivity index (χ4v) is 6.48. The molecule has 1 fully saturated rings. The fraction of sp³-hybridized carbons (Fsp3) is 0.519. The molecule has 1 saturated heterocycles. The summed E-state index contributed by atoms with van der Waals surface area (Å²) in [7, 11) is -3.34. The first kappa shape index (κ1) is 27.2. The summed E-state index contributed by atoms with van der Waals surface area (Å²) in [5.74, 6) is -0.925. The third-order valence-corrected chi connectivity index (χ3v) is 8.36. The molecule has 8 heteroatoms. The summed E-state index contributed by atoms with van der Waals surface area (Å²) in [6.07, 6.45) is 0.318. The van der Waals surface area contributed by atoms with E-state index in [-0.39, 0.29) is 22.8 Å². The quantitative estimate of drug-likeness (QED) is 0.413. The lowest BCUT2D eigenvalue weighted by atomic mass is 9.86. The van der Waals surface area contributed by atoms with Crippen molar-refractivity contribution < 1.29 is 18.3 Å². The van der Waals surface area contributed by atoms with E-state index in [0.29, 0.717) is 30.8 Å². The number of rotatable bonds is 8. The Bertz CT molecular complexity index is 1140. The van der Waals surface area contributed by atoms with Gasteiger partial charge in [-0.3, -0.25) is 4.79 Å². The normalized spacial score (nSPS) is 22.0. The molecule has 0 aliphatic carbocycles. The van der Waals surface area contributed by atoms with E-state index in [1.807, 2.05) is 19.1 Å². The van der Waals surface area contributed by atoms with Crippen molar-refractivity contribution in [2.45, 2.75) is 64.6 Å². The highest BCUT2D eigenvalue weighted by atomic mass is 32.2. The molecule has 5 N–H and O–H groups in total. The molecule has 0 spiro atoms. The van der Waals surface area contributed by atoms with E-state index in [9.17, 15) is 18.3 Å². The average Bonchev–Trinajstić information content (AvgIpc) is 2.79. The maximum Gasteiger partial charge on any atom is 0.253 e. The topological polar surface area (TPSA) is 122 Å². The van der Waals surface area contributed by atoms with Gasteiger partial charge in [0.15, 0.2) is 9.84 Å². The van der Waals surface area contributed by atoms with E-state index in [1.165, 1.54) is 5.56 Å². The first-order chi connectivity index (χ1) is 16.4. The lowest BCUT2D eigenvalue weighted by Gasteiger charge is -2.35. The van der Waals surface area contributed by atoms with Gasteiger partial charge < -0.3 is 21.5 Å². The summed E-state index contributed by atoms with van der Waals surface area (Å²) in [5.41, 5.74) is 9.79. The molecule has 1 aliphatic rings. The van der Waals surface area contributed by atoms with Gasteiger partial charge in [-0.2, -0.15) is 0 Å². The van der Waals surface area contributed by atoms with Gasteiger partial charge in [0.05, 0.1) is 23.2 Å². The van der Waals surface area contributed by atoms with E-state index in [2.05, 4.69) is 43.5 Å². The van der Waals surface area contributed by atoms with E-state index in [4.69, 9.17) is 5.73 Å². The molecule has 0 radical (unpaired) electrons. The van der Waals surface area contributed by atoms with Crippen LogP contribution in [-0.2, 0) is 28.2 Å². The largest absolute Gasteiger partial charge is 0.398 e. The van der Waals surface area contributed by atoms with Crippen molar-refractivity contribution in [1.29, 1.82) is 0 Å². The molecule has 192 valence electrons. The van der Waals surface area contributed by atoms with Crippen molar-refractivity contribution in [1.82, 2.24) is 10.6 Å². The Kier molecular flexibility index (Phi) is 8.62. The second-order valence-corrected chi connectivity index (χ2v) is 12.8. The minimum atomic E-state index is -3.34. The molecule has 3 rings (SSSR count). The number of anilines is 1. The zero-order valence-electron chi connectivity index (χ0n) is 21.2. The zero-order chi connectivity index (χ0) is 25.8. The molecular formula is C27H39N3O4S. The standard InChI is InChI=1S/C27H39N3O4S/c1-5-11-29-26(32)22-14-18(9-10-23(22)28)12-20-16-35(33,34)17-24(25(20)31)30-15-19-7-6-8-21(13-19)27(2,3)4/h6-10,13-14,20,24-25,30-31H,5,11-12,15-17,28H2,1-4H3,(H,29,32)/t20-,24+,25+/m1/s1. The van der Waals surface area contributed by atoms with Gasteiger partial charge in [0.2, 0.25) is 0 Å². The summed E-state index contributed by atoms with van der Waals surface area (Å²) in [6, 6.07) is 12.8. The highest BCUT2D eigenvalue weighted by molar-refractivity contribution is 7.91. The third-order valence-electron chi connectivity index (χ3n) is 6.55. The summed E-state index contributed by atoms with van der Waals surface area (Å²) in [5, 5.41) is 17.2. The van der Waals surface area contributed by atoms with E-state index in [0.717, 1.165) is 17.5 Å². The molecule has 0 aromatic heterocycles. The van der Waals surface area contributed by atoms with Gasteiger partial charge in [0.1, 0.15) is 0 Å². The van der Waals surface area contributed by atoms with Gasteiger partial charge >= 0.3 is 0 Å². The zero-order valence-corrected chi connectivity index (χ0v) is 22.0. The highest BCUT2D eigenvalue weighted by Crippen LogP contribution is 2.26. The second kappa shape index (κ2) is 11.1. The molecule has 7 nitrogen and oxygen atoms in total. The van der Waals surface area contributed by atoms with Gasteiger partial charge in [-0.25, -0.2) is 8.42 Å². The van der Waals surface area contributed by atoms with E-state index >= 15 is 0 Å². The molecule has 1 heterocycles. The summed E-state index contributed by atoms with van der Waals surface area (Å²) in [4.78, 5) is 12.4. The number of benzene rings is 2. The molecule has 2 aromatic rings. The van der Waals surface area contributed by atoms with Crippen molar-refractivity contribution in [3.8, 4) is 0 Å². The lowest BCUT2D eigenvalue weighted by molar-refractivity contribution is 0.0781. The number of amides is 1. The number of hydrogen-bond donors (Lipinski definition) is 4. The van der Waals surface area contributed by atoms with Crippen LogP contribution in [0.1, 0.15) is 61.2 Å². The van der Waals surface area contributed by atoms with Crippen LogP contribution in [0.15, 0.2) is 42.5 Å². The number of aliphatic hydroxyl groups is 1. The van der Waals surface area contributed by atoms with Crippen LogP contribution in [0.3, 0.4) is 0 Å². The summed E-state index contributed by atoms with van der Waals surface area (Å²) < 4.78 is 25.4. The van der Waals surface area contributed by atoms with Crippen LogP contribution >= 0.6 is 0 Å². The molecular weight excluding hydrogens is 462 g/mol. The average molecular weight is 502 g/mol. The number of nitrogen functional groups attached to an aromatic ring is 1. The molecule has 0 bridgehead atoms. The van der Waals surface area contributed by atoms with Crippen molar-refractivity contribution in [3.63, 3.8) is 0 Å². The predicted molar refractivity (Wildman–Crippen MR) is 141 cm³/mol. The van der Waals surface area contributed by atoms with Crippen LogP contribution in [0.2, 0.25) is 0 Å². The first-order valence-electron chi connectivity index (χ1n) is 12.3. The third kappa shape index (κ3) is 7.29. The smallest absolute Gasteiger partial charge is 0.253 e. The number of sulfone groups is 1. The van der Waals surface area contributed by atoms with Crippen LogP contribution in [0, 0.1) is 5.92 Å². The minimum Gasteiger partial charge on any atom is -0.398 e. The molecule has 0 saturated carbocycles. The van der Waals surface area contributed by atoms with Gasteiger partial charge in [0, 0.05) is 30.7 Å². The van der Waals surface area contributed by atoms with Crippen molar-refractivity contribution >= 4 is 21.4 Å². The van der Waals surface area contributed by atoms with Gasteiger partial charge in [-0.15, -0.1) is 0 Å². The van der Waals surface area contributed by atoms with Crippen LogP contribution in [0.25, 0.3) is 0 Å². The molecule has 35 heavy (non-hydrogen) atoms. The van der Waals surface area contributed by atoms with E-state index in [1.54, 1.807) is 18.2 Å². The van der Waals surface area contributed by atoms with Crippen LogP contribution in [0.4, 0.5) is 5.69 Å². The number of carbonyl (C=O) groups excluding carboxylic acids is 1. The maximum atomic E-state index is 12.7. The van der Waals surface area contributed by atoms with Gasteiger partial charge in [-0.05, 0) is 47.1 Å². The predicted octanol–water partition coefficient (Wildman–Crippen LogP) is 2.81. The van der Waals surface area contributed by atoms with Crippen LogP contribution in [0.5, 0.6) is 0 Å². The molecule has 1 amide bonds. The Morgan fingerprint density at radius 2 is 1.86 bits per heavy atom. The molecule has 3 atom stereocenters. The van der Waals surface area contributed by atoms with Crippen molar-refractivity contribution in [2.75, 3.05) is 23.8 Å². The maximum absolute atomic E-state index is 12.7. The molecule has 1 aliphatic heterocycles. The fourth-order valence-electron chi connectivity index (χ4n) is 4.51. The van der Waals surface area contributed by atoms with Crippen molar-refractivity contribution in [3.05, 3.63) is 64.7 Å². The van der Waals surface area contributed by atoms with Crippen molar-refractivity contribution in [2.24, 2.45) is 5.92 Å². The Balaban J connectivity index is 1.73. The van der Waals surface area contributed by atoms with Crippen LogP contribution in [-0.4, -0.2) is 49.6 Å². The Morgan fingerprint density at radius 3 is 2.54 bits per heavy atom. The number of nitrogens with one attached hydrogen (secondary N) is 2. The number of aliphatic hydroxyl groups excluding tert-OH is 1. The number of carbonyl (C=O) groups is 1. The second-order valence-electron chi connectivity index (χ2n) is 10.6. The monoisotopic (exact) mass is 501 g/mol. The number of hydrogen-bond acceptors (Lipinski definition) is 6. The van der Waals surface area contributed by atoms with E-state index < -0.39 is 27.9 Å². The van der Waals surface area contributed by atoms with Crippen LogP contribution < -0.4 is 16.4 Å². The molecule has 2 aromatic carbocycles. The van der Waals surface area contributed by atoms with Gasteiger partial charge in [0.25, 0.3) is 5.91 Å². The first-order valence-corrected chi connectivity index (χ1v) is 14.1. The summed E-state index contributed by atoms with van der Waals surface area (Å²) in [6.45, 7) is 9.44. The molecule has 0 unspecified atom stereocenters. The Morgan fingerprint density at radius 1 is 1.11 bits per heavy atom. The summed E-state index contributed by atoms with van der Waals surface area (Å²) >= 11 is 0. The Hall–Kier alpha value is -2.42.